The lowest BCUT2D eigenvalue weighted by Crippen LogP contribution is -2.40. The van der Waals surface area contributed by atoms with Gasteiger partial charge in [-0.1, -0.05) is 45.0 Å². The maximum absolute atomic E-state index is 13.2. The molecule has 0 saturated carbocycles. The molecule has 0 N–H and O–H groups in total. The van der Waals surface area contributed by atoms with Crippen LogP contribution >= 0.6 is 27.3 Å². The van der Waals surface area contributed by atoms with Gasteiger partial charge in [0.15, 0.2) is 4.80 Å². The number of hydrogen-bond acceptors (Lipinski definition) is 6. The van der Waals surface area contributed by atoms with Crippen molar-refractivity contribution >= 4 is 59.4 Å². The summed E-state index contributed by atoms with van der Waals surface area (Å²) >= 11 is 4.68. The number of thiazole rings is 1. The first-order chi connectivity index (χ1) is 15.7. The molecule has 0 radical (unpaired) electrons. The largest absolute Gasteiger partial charge is 0.468 e. The molecule has 2 aromatic carbocycles. The number of esters is 1. The van der Waals surface area contributed by atoms with Gasteiger partial charge in [-0.15, -0.1) is 0 Å². The van der Waals surface area contributed by atoms with E-state index in [2.05, 4.69) is 20.9 Å². The normalized spacial score (nSPS) is 17.5. The van der Waals surface area contributed by atoms with Gasteiger partial charge in [0.1, 0.15) is 12.6 Å². The summed E-state index contributed by atoms with van der Waals surface area (Å²) in [7, 11) is -2.54. The third kappa shape index (κ3) is 4.81. The van der Waals surface area contributed by atoms with Crippen LogP contribution in [0.25, 0.3) is 10.2 Å². The van der Waals surface area contributed by atoms with Gasteiger partial charge in [-0.2, -0.15) is 9.30 Å². The maximum Gasteiger partial charge on any atom is 0.325 e. The van der Waals surface area contributed by atoms with Gasteiger partial charge in [0.2, 0.25) is 10.0 Å². The molecule has 1 aliphatic rings. The highest BCUT2D eigenvalue weighted by molar-refractivity contribution is 9.10. The van der Waals surface area contributed by atoms with E-state index in [1.165, 1.54) is 22.8 Å². The monoisotopic (exact) mass is 551 g/mol. The number of ether oxygens (including phenoxy) is 1. The average Bonchev–Trinajstić information content (AvgIpc) is 3.40. The van der Waals surface area contributed by atoms with E-state index in [0.717, 1.165) is 20.3 Å². The molecule has 1 atom stereocenters. The highest BCUT2D eigenvalue weighted by Crippen LogP contribution is 2.27. The van der Waals surface area contributed by atoms with Crippen molar-refractivity contribution in [3.63, 3.8) is 0 Å². The van der Waals surface area contributed by atoms with Gasteiger partial charge < -0.3 is 9.30 Å². The fourth-order valence-electron chi connectivity index (χ4n) is 3.77. The van der Waals surface area contributed by atoms with Gasteiger partial charge in [-0.3, -0.25) is 9.59 Å². The first-order valence-corrected chi connectivity index (χ1v) is 13.3. The van der Waals surface area contributed by atoms with Crippen molar-refractivity contribution in [2.75, 3.05) is 13.7 Å². The van der Waals surface area contributed by atoms with Crippen molar-refractivity contribution in [3.8, 4) is 0 Å². The number of halogens is 1. The highest BCUT2D eigenvalue weighted by Gasteiger charge is 2.39. The van der Waals surface area contributed by atoms with E-state index in [1.807, 2.05) is 25.1 Å². The fraction of sp³-hybridized carbons (Fsp3) is 0.318. The molecule has 1 fully saturated rings. The molecule has 0 bridgehead atoms. The van der Waals surface area contributed by atoms with Crippen molar-refractivity contribution in [2.45, 2.75) is 37.2 Å². The van der Waals surface area contributed by atoms with E-state index in [0.29, 0.717) is 17.6 Å². The summed E-state index contributed by atoms with van der Waals surface area (Å²) in [5.74, 6) is -1.02. The lowest BCUT2D eigenvalue weighted by atomic mass is 10.2. The average molecular weight is 552 g/mol. The molecule has 8 nitrogen and oxygen atoms in total. The van der Waals surface area contributed by atoms with E-state index in [-0.39, 0.29) is 18.0 Å². The number of carbonyl (C=O) groups excluding carboxylic acids is 2. The van der Waals surface area contributed by atoms with Crippen LogP contribution in [-0.4, -0.2) is 48.9 Å². The number of aryl methyl sites for hydroxylation is 1. The van der Waals surface area contributed by atoms with E-state index in [9.17, 15) is 18.0 Å². The minimum absolute atomic E-state index is 0.111. The third-order valence-electron chi connectivity index (χ3n) is 5.48. The Labute approximate surface area is 203 Å². The van der Waals surface area contributed by atoms with Crippen LogP contribution in [0, 0.1) is 6.92 Å². The number of nitrogens with zero attached hydrogens (tertiary/aromatic N) is 3. The molecular weight excluding hydrogens is 530 g/mol. The van der Waals surface area contributed by atoms with Gasteiger partial charge in [-0.05, 0) is 50.1 Å². The van der Waals surface area contributed by atoms with Crippen molar-refractivity contribution in [1.82, 2.24) is 8.87 Å². The Morgan fingerprint density at radius 3 is 2.64 bits per heavy atom. The second kappa shape index (κ2) is 9.49. The highest BCUT2D eigenvalue weighted by atomic mass is 79.9. The molecule has 0 spiro atoms. The summed E-state index contributed by atoms with van der Waals surface area (Å²) in [4.78, 5) is 29.9. The van der Waals surface area contributed by atoms with Crippen LogP contribution in [0.4, 0.5) is 0 Å². The molecule has 1 aromatic heterocycles. The lowest BCUT2D eigenvalue weighted by Gasteiger charge is -2.21. The summed E-state index contributed by atoms with van der Waals surface area (Å²) in [6.07, 6.45) is 0.958. The van der Waals surface area contributed by atoms with Crippen LogP contribution < -0.4 is 4.80 Å². The van der Waals surface area contributed by atoms with Crippen molar-refractivity contribution in [2.24, 2.45) is 4.99 Å². The Balaban J connectivity index is 1.73. The van der Waals surface area contributed by atoms with Crippen LogP contribution in [0.15, 0.2) is 56.8 Å². The second-order valence-electron chi connectivity index (χ2n) is 7.70. The number of aromatic nitrogens is 1. The molecule has 1 aliphatic heterocycles. The van der Waals surface area contributed by atoms with Crippen molar-refractivity contribution < 1.29 is 22.7 Å². The topological polar surface area (TPSA) is 98.0 Å². The Hall–Kier alpha value is -2.34. The maximum atomic E-state index is 13.2. The number of hydrogen-bond donors (Lipinski definition) is 0. The smallest absolute Gasteiger partial charge is 0.325 e. The predicted octanol–water partition coefficient (Wildman–Crippen LogP) is 3.23. The summed E-state index contributed by atoms with van der Waals surface area (Å²) in [6.45, 7) is 2.02. The van der Waals surface area contributed by atoms with Gasteiger partial charge in [0.05, 0.1) is 22.2 Å². The van der Waals surface area contributed by atoms with Crippen LogP contribution in [0.3, 0.4) is 0 Å². The second-order valence-corrected chi connectivity index (χ2v) is 11.5. The van der Waals surface area contributed by atoms with E-state index in [4.69, 9.17) is 4.74 Å². The zero-order chi connectivity index (χ0) is 23.8. The molecule has 1 saturated heterocycles. The molecule has 174 valence electrons. The Bertz CT molecular complexity index is 1390. The zero-order valence-corrected chi connectivity index (χ0v) is 21.2. The number of carbonyl (C=O) groups is 2. The van der Waals surface area contributed by atoms with Crippen molar-refractivity contribution in [1.29, 1.82) is 0 Å². The number of amides is 1. The summed E-state index contributed by atoms with van der Waals surface area (Å²) < 4.78 is 35.7. The molecule has 0 aliphatic carbocycles. The van der Waals surface area contributed by atoms with Crippen LogP contribution in [0.1, 0.15) is 18.4 Å². The summed E-state index contributed by atoms with van der Waals surface area (Å²) in [6, 6.07) is 11.2. The zero-order valence-electron chi connectivity index (χ0n) is 18.0. The van der Waals surface area contributed by atoms with Gasteiger partial charge in [0, 0.05) is 11.0 Å². The first-order valence-electron chi connectivity index (χ1n) is 10.2. The number of sulfonamides is 1. The van der Waals surface area contributed by atoms with Crippen LogP contribution in [0.5, 0.6) is 0 Å². The summed E-state index contributed by atoms with van der Waals surface area (Å²) in [5, 5.41) is 0. The number of methoxy groups -OCH3 is 1. The minimum atomic E-state index is -3.84. The number of fused-ring (bicyclic) bond motifs is 1. The van der Waals surface area contributed by atoms with Gasteiger partial charge >= 0.3 is 5.97 Å². The molecule has 2 heterocycles. The molecular formula is C22H22BrN3O5S2. The molecule has 4 rings (SSSR count). The van der Waals surface area contributed by atoms with Crippen LogP contribution in [0.2, 0.25) is 0 Å². The molecule has 3 aromatic rings. The minimum Gasteiger partial charge on any atom is -0.468 e. The van der Waals surface area contributed by atoms with Crippen molar-refractivity contribution in [3.05, 3.63) is 57.3 Å². The van der Waals surface area contributed by atoms with E-state index < -0.39 is 27.9 Å². The van der Waals surface area contributed by atoms with Gasteiger partial charge in [0.25, 0.3) is 5.91 Å². The van der Waals surface area contributed by atoms with Crippen LogP contribution in [-0.2, 0) is 30.9 Å². The van der Waals surface area contributed by atoms with E-state index >= 15 is 0 Å². The SMILES string of the molecule is COC(=O)Cn1c(=NC(=O)C2CCCN2S(=O)(=O)c2ccc(C)cc2)sc2cc(Br)ccc21. The molecule has 11 heteroatoms. The quantitative estimate of drug-likeness (QED) is 0.453. The standard InChI is InChI=1S/C22H22BrN3O5S2/c1-14-5-8-16(9-6-14)33(29,30)26-11-3-4-18(26)21(28)24-22-25(13-20(27)31-2)17-10-7-15(23)12-19(17)32-22/h5-10,12,18H,3-4,11,13H2,1-2H3. The molecule has 33 heavy (non-hydrogen) atoms. The Morgan fingerprint density at radius 2 is 1.94 bits per heavy atom. The Morgan fingerprint density at radius 1 is 1.21 bits per heavy atom. The molecule has 1 unspecified atom stereocenters. The number of benzene rings is 2. The predicted molar refractivity (Wildman–Crippen MR) is 128 cm³/mol. The van der Waals surface area contributed by atoms with Gasteiger partial charge in [-0.25, -0.2) is 8.42 Å². The Kier molecular flexibility index (Phi) is 6.85. The first kappa shape index (κ1) is 23.8. The van der Waals surface area contributed by atoms with E-state index in [1.54, 1.807) is 28.8 Å². The number of rotatable bonds is 5. The lowest BCUT2D eigenvalue weighted by molar-refractivity contribution is -0.141. The third-order valence-corrected chi connectivity index (χ3v) is 8.94. The molecule has 1 amide bonds. The summed E-state index contributed by atoms with van der Waals surface area (Å²) in [5.41, 5.74) is 1.68. The fourth-order valence-corrected chi connectivity index (χ4v) is 7.01.